The molecule has 9 nitrogen and oxygen atoms in total. The van der Waals surface area contributed by atoms with Crippen molar-refractivity contribution in [3.8, 4) is 0 Å². The van der Waals surface area contributed by atoms with Gasteiger partial charge in [-0.15, -0.1) is 0 Å². The van der Waals surface area contributed by atoms with Gasteiger partial charge in [-0.3, -0.25) is 4.57 Å². The maximum atomic E-state index is 12.4. The first kappa shape index (κ1) is 25.5. The Kier molecular flexibility index (Phi) is 7.40. The third-order valence-corrected chi connectivity index (χ3v) is 17.0. The van der Waals surface area contributed by atoms with Crippen LogP contribution >= 0.6 is 0 Å². The van der Waals surface area contributed by atoms with Crippen LogP contribution in [-0.2, 0) is 17.7 Å². The van der Waals surface area contributed by atoms with Crippen LogP contribution in [0.3, 0.4) is 0 Å². The van der Waals surface area contributed by atoms with Crippen molar-refractivity contribution in [3.05, 3.63) is 22.7 Å². The molecule has 32 heavy (non-hydrogen) atoms. The first-order valence-electron chi connectivity index (χ1n) is 11.6. The van der Waals surface area contributed by atoms with Gasteiger partial charge in [-0.2, -0.15) is 4.98 Å². The standard InChI is InChI=1S/C21H39N3O6Si2/c1-12(2)31(13(3)4)27-11-16-19(29-32(30-31,14(5)6)15(7)8)18(25)20(28-16)24-10-9-17(22)23-21(24)26/h9-10,12-16,18-20,25H,11H2,1-8H3,(H2,22,23,26)/t16-,18+,19?,20-/m1/s1. The fraction of sp³-hybridized carbons (Fsp3) is 0.810. The van der Waals surface area contributed by atoms with Gasteiger partial charge in [0.05, 0.1) is 6.61 Å². The molecule has 0 radical (unpaired) electrons. The molecule has 2 saturated heterocycles. The first-order chi connectivity index (χ1) is 14.9. The Hall–Kier alpha value is -1.09. The van der Waals surface area contributed by atoms with Crippen molar-refractivity contribution < 1.29 is 22.8 Å². The Labute approximate surface area is 192 Å². The molecule has 2 aliphatic rings. The van der Waals surface area contributed by atoms with Crippen LogP contribution in [0.25, 0.3) is 0 Å². The van der Waals surface area contributed by atoms with Crippen LogP contribution < -0.4 is 11.4 Å². The van der Waals surface area contributed by atoms with E-state index in [0.29, 0.717) is 0 Å². The molecule has 3 heterocycles. The Morgan fingerprint density at radius 1 is 1.06 bits per heavy atom. The van der Waals surface area contributed by atoms with E-state index in [1.54, 1.807) is 0 Å². The van der Waals surface area contributed by atoms with E-state index in [-0.39, 0.29) is 34.6 Å². The summed E-state index contributed by atoms with van der Waals surface area (Å²) in [5.74, 6) is 0.119. The monoisotopic (exact) mass is 485 g/mol. The van der Waals surface area contributed by atoms with Crippen molar-refractivity contribution >= 4 is 22.9 Å². The molecule has 2 aliphatic heterocycles. The summed E-state index contributed by atoms with van der Waals surface area (Å²) in [5, 5.41) is 11.2. The van der Waals surface area contributed by atoms with Crippen molar-refractivity contribution in [1.29, 1.82) is 0 Å². The summed E-state index contributed by atoms with van der Waals surface area (Å²) in [6.45, 7) is 17.3. The topological polar surface area (TPSA) is 118 Å². The Morgan fingerprint density at radius 2 is 1.62 bits per heavy atom. The summed E-state index contributed by atoms with van der Waals surface area (Å²) >= 11 is 0. The summed E-state index contributed by atoms with van der Waals surface area (Å²) in [7, 11) is -5.59. The van der Waals surface area contributed by atoms with Gasteiger partial charge in [0.25, 0.3) is 0 Å². The highest BCUT2D eigenvalue weighted by molar-refractivity contribution is 6.83. The normalized spacial score (nSPS) is 30.0. The Bertz CT molecular complexity index is 846. The summed E-state index contributed by atoms with van der Waals surface area (Å²) in [6.07, 6.45) is -1.73. The zero-order valence-corrected chi connectivity index (χ0v) is 22.4. The predicted octanol–water partition coefficient (Wildman–Crippen LogP) is 3.04. The van der Waals surface area contributed by atoms with Crippen LogP contribution in [0.1, 0.15) is 61.6 Å². The second-order valence-corrected chi connectivity index (χ2v) is 19.0. The second-order valence-electron chi connectivity index (χ2n) is 10.2. The molecule has 0 aliphatic carbocycles. The van der Waals surface area contributed by atoms with Crippen LogP contribution in [-0.4, -0.2) is 56.7 Å². The van der Waals surface area contributed by atoms with Gasteiger partial charge in [-0.05, 0) is 28.2 Å². The minimum Gasteiger partial charge on any atom is -0.414 e. The number of anilines is 1. The van der Waals surface area contributed by atoms with E-state index in [9.17, 15) is 9.90 Å². The quantitative estimate of drug-likeness (QED) is 0.611. The van der Waals surface area contributed by atoms with Crippen molar-refractivity contribution in [2.75, 3.05) is 12.3 Å². The van der Waals surface area contributed by atoms with E-state index in [0.717, 1.165) is 0 Å². The molecule has 3 N–H and O–H groups in total. The molecule has 0 spiro atoms. The minimum atomic E-state index is -2.89. The first-order valence-corrected chi connectivity index (χ1v) is 15.5. The average Bonchev–Trinajstić information content (AvgIpc) is 2.96. The molecular formula is C21H39N3O6Si2. The Balaban J connectivity index is 2.07. The number of ether oxygens (including phenoxy) is 1. The maximum Gasteiger partial charge on any atom is 0.351 e. The van der Waals surface area contributed by atoms with Crippen LogP contribution in [0.2, 0.25) is 22.2 Å². The molecular weight excluding hydrogens is 446 g/mol. The highest BCUT2D eigenvalue weighted by Gasteiger charge is 2.61. The zero-order valence-electron chi connectivity index (χ0n) is 20.4. The summed E-state index contributed by atoms with van der Waals surface area (Å²) in [4.78, 5) is 16.2. The molecule has 4 atom stereocenters. The highest BCUT2D eigenvalue weighted by Crippen LogP contribution is 2.48. The van der Waals surface area contributed by atoms with Crippen LogP contribution in [0.5, 0.6) is 0 Å². The van der Waals surface area contributed by atoms with Gasteiger partial charge in [-0.1, -0.05) is 55.4 Å². The van der Waals surface area contributed by atoms with Crippen LogP contribution in [0.15, 0.2) is 17.1 Å². The fourth-order valence-electron chi connectivity index (χ4n) is 4.99. The van der Waals surface area contributed by atoms with Gasteiger partial charge in [0.15, 0.2) is 6.23 Å². The van der Waals surface area contributed by atoms with Crippen molar-refractivity contribution in [1.82, 2.24) is 9.55 Å². The largest absolute Gasteiger partial charge is 0.414 e. The van der Waals surface area contributed by atoms with E-state index in [1.165, 1.54) is 16.8 Å². The zero-order chi connectivity index (χ0) is 24.0. The SMILES string of the molecule is CC(C)[Si]1(C(C)C)OC[C@H]2O[C@@H](n3ccc(N)nc3=O)[C@@H](O)C2O[Si](C(C)C)(C(C)C)O1. The number of hydrogen-bond donors (Lipinski definition) is 2. The molecule has 182 valence electrons. The predicted molar refractivity (Wildman–Crippen MR) is 127 cm³/mol. The lowest BCUT2D eigenvalue weighted by atomic mass is 10.1. The number of aromatic nitrogens is 2. The molecule has 0 bridgehead atoms. The third-order valence-electron chi connectivity index (χ3n) is 6.77. The van der Waals surface area contributed by atoms with E-state index in [4.69, 9.17) is 23.4 Å². The molecule has 1 aromatic heterocycles. The smallest absolute Gasteiger partial charge is 0.351 e. The van der Waals surface area contributed by atoms with Crippen LogP contribution in [0.4, 0.5) is 5.82 Å². The van der Waals surface area contributed by atoms with Gasteiger partial charge in [-0.25, -0.2) is 4.79 Å². The molecule has 1 unspecified atom stereocenters. The molecule has 0 saturated carbocycles. The lowest BCUT2D eigenvalue weighted by molar-refractivity contribution is -0.0600. The Morgan fingerprint density at radius 3 is 2.12 bits per heavy atom. The van der Waals surface area contributed by atoms with E-state index < -0.39 is 47.4 Å². The van der Waals surface area contributed by atoms with Crippen molar-refractivity contribution in [2.24, 2.45) is 0 Å². The van der Waals surface area contributed by atoms with Gasteiger partial charge in [0.1, 0.15) is 24.1 Å². The number of nitrogen functional groups attached to an aromatic ring is 1. The second kappa shape index (κ2) is 9.28. The van der Waals surface area contributed by atoms with E-state index >= 15 is 0 Å². The van der Waals surface area contributed by atoms with E-state index in [2.05, 4.69) is 60.4 Å². The number of rotatable bonds is 5. The van der Waals surface area contributed by atoms with Crippen LogP contribution in [0, 0.1) is 0 Å². The third kappa shape index (κ3) is 4.24. The summed E-state index contributed by atoms with van der Waals surface area (Å²) in [5.41, 5.74) is 5.72. The number of hydrogen-bond acceptors (Lipinski definition) is 8. The minimum absolute atomic E-state index is 0.119. The highest BCUT2D eigenvalue weighted by atomic mass is 28.5. The molecule has 0 aromatic carbocycles. The van der Waals surface area contributed by atoms with Gasteiger partial charge >= 0.3 is 22.8 Å². The maximum absolute atomic E-state index is 12.4. The number of fused-ring (bicyclic) bond motifs is 1. The van der Waals surface area contributed by atoms with E-state index in [1.807, 2.05) is 0 Å². The number of aliphatic hydroxyl groups is 1. The van der Waals surface area contributed by atoms with Gasteiger partial charge in [0, 0.05) is 6.20 Å². The fourth-order valence-corrected chi connectivity index (χ4v) is 16.2. The molecule has 11 heteroatoms. The average molecular weight is 486 g/mol. The lowest BCUT2D eigenvalue weighted by Gasteiger charge is -2.51. The van der Waals surface area contributed by atoms with Crippen molar-refractivity contribution in [2.45, 2.75) is 102 Å². The molecule has 2 fully saturated rings. The molecule has 3 rings (SSSR count). The summed E-state index contributed by atoms with van der Waals surface area (Å²) in [6, 6.07) is 1.51. The molecule has 0 amide bonds. The molecule has 1 aromatic rings. The van der Waals surface area contributed by atoms with Crippen molar-refractivity contribution in [3.63, 3.8) is 0 Å². The van der Waals surface area contributed by atoms with Gasteiger partial charge < -0.3 is 28.5 Å². The number of nitrogens with zero attached hydrogens (tertiary/aromatic N) is 2. The number of aliphatic hydroxyl groups excluding tert-OH is 1. The lowest BCUT2D eigenvalue weighted by Crippen LogP contribution is -2.65. The number of nitrogens with two attached hydrogens (primary N) is 1. The van der Waals surface area contributed by atoms with Gasteiger partial charge in [0.2, 0.25) is 0 Å². The summed E-state index contributed by atoms with van der Waals surface area (Å²) < 4.78 is 28.1.